The first kappa shape index (κ1) is 21.2. The van der Waals surface area contributed by atoms with E-state index in [1.54, 1.807) is 33.6 Å². The molecule has 35 heavy (non-hydrogen) atoms. The van der Waals surface area contributed by atoms with Crippen molar-refractivity contribution in [2.75, 3.05) is 5.32 Å². The van der Waals surface area contributed by atoms with Crippen LogP contribution >= 0.6 is 0 Å². The Kier molecular flexibility index (Phi) is 4.94. The van der Waals surface area contributed by atoms with Gasteiger partial charge in [-0.25, -0.2) is 18.7 Å². The summed E-state index contributed by atoms with van der Waals surface area (Å²) in [6.45, 7) is 0.429. The number of imidazole rings is 1. The Morgan fingerprint density at radius 2 is 1.89 bits per heavy atom. The fraction of sp³-hybridized carbons (Fsp3) is 0.200. The van der Waals surface area contributed by atoms with E-state index >= 15 is 0 Å². The minimum atomic E-state index is -0.977. The van der Waals surface area contributed by atoms with Crippen molar-refractivity contribution < 1.29 is 13.6 Å². The van der Waals surface area contributed by atoms with Crippen molar-refractivity contribution in [3.8, 4) is 11.3 Å². The topological polar surface area (TPSA) is 89.1 Å². The molecule has 1 fully saturated rings. The average molecular weight is 473 g/mol. The Balaban J connectivity index is 1.44. The molecular weight excluding hydrogens is 452 g/mol. The van der Waals surface area contributed by atoms with Crippen LogP contribution in [0.15, 0.2) is 55.0 Å². The molecule has 0 spiro atoms. The van der Waals surface area contributed by atoms with Gasteiger partial charge in [0.15, 0.2) is 23.1 Å². The number of benzene rings is 2. The second-order valence-corrected chi connectivity index (χ2v) is 8.72. The molecule has 3 heterocycles. The molecule has 3 aromatic heterocycles. The second-order valence-electron chi connectivity index (χ2n) is 8.72. The third-order valence-electron chi connectivity index (χ3n) is 6.04. The molecule has 0 radical (unpaired) electrons. The smallest absolute Gasteiger partial charge is 0.251 e. The van der Waals surface area contributed by atoms with Gasteiger partial charge in [-0.3, -0.25) is 13.9 Å². The number of nitrogens with one attached hydrogen (secondary N) is 2. The van der Waals surface area contributed by atoms with Crippen molar-refractivity contribution in [3.05, 3.63) is 77.8 Å². The molecule has 0 saturated heterocycles. The Labute approximate surface area is 198 Å². The van der Waals surface area contributed by atoms with Crippen LogP contribution in [0.1, 0.15) is 28.8 Å². The lowest BCUT2D eigenvalue weighted by Gasteiger charge is -2.12. The molecule has 176 valence electrons. The highest BCUT2D eigenvalue weighted by atomic mass is 19.2. The van der Waals surface area contributed by atoms with Crippen LogP contribution in [0.5, 0.6) is 0 Å². The van der Waals surface area contributed by atoms with Crippen molar-refractivity contribution in [1.29, 1.82) is 0 Å². The number of aromatic nitrogens is 5. The molecular formula is C25H21F2N7O. The molecule has 10 heteroatoms. The van der Waals surface area contributed by atoms with Gasteiger partial charge in [0.2, 0.25) is 0 Å². The normalized spacial score (nSPS) is 13.5. The van der Waals surface area contributed by atoms with Crippen LogP contribution in [0.2, 0.25) is 0 Å². The van der Waals surface area contributed by atoms with Crippen molar-refractivity contribution in [3.63, 3.8) is 0 Å². The summed E-state index contributed by atoms with van der Waals surface area (Å²) in [5.41, 5.74) is 4.07. The molecule has 0 atom stereocenters. The lowest BCUT2D eigenvalue weighted by atomic mass is 10.1. The highest BCUT2D eigenvalue weighted by molar-refractivity contribution is 5.95. The standard InChI is InChI=1S/C25H21F2N7O/c1-33-13-14(11-30-33)10-28-23-24-29-12-22(34(24)21-9-19(27)18(26)8-20(21)32-23)15-2-4-16(5-3-15)25(35)31-17-6-7-17/h2-5,8-9,11-13,17H,6-7,10H2,1H3,(H,28,32)(H,31,35). The van der Waals surface area contributed by atoms with Crippen LogP contribution in [0, 0.1) is 11.6 Å². The highest BCUT2D eigenvalue weighted by Crippen LogP contribution is 2.30. The zero-order valence-corrected chi connectivity index (χ0v) is 18.8. The summed E-state index contributed by atoms with van der Waals surface area (Å²) in [5.74, 6) is -1.62. The first-order chi connectivity index (χ1) is 17.0. The van der Waals surface area contributed by atoms with Gasteiger partial charge in [-0.2, -0.15) is 5.10 Å². The number of nitrogens with zero attached hydrogens (tertiary/aromatic N) is 5. The van der Waals surface area contributed by atoms with Crippen LogP contribution in [0.4, 0.5) is 14.6 Å². The Morgan fingerprint density at radius 3 is 2.60 bits per heavy atom. The summed E-state index contributed by atoms with van der Waals surface area (Å²) in [7, 11) is 1.83. The number of halogens is 2. The maximum atomic E-state index is 14.2. The van der Waals surface area contributed by atoms with Gasteiger partial charge in [-0.1, -0.05) is 12.1 Å². The summed E-state index contributed by atoms with van der Waals surface area (Å²) in [5, 5.41) is 10.4. The van der Waals surface area contributed by atoms with Crippen LogP contribution in [0.25, 0.3) is 27.9 Å². The van der Waals surface area contributed by atoms with E-state index in [1.807, 2.05) is 25.4 Å². The Hall–Kier alpha value is -4.34. The number of fused-ring (bicyclic) bond motifs is 3. The van der Waals surface area contributed by atoms with Gasteiger partial charge in [0.05, 0.1) is 29.1 Å². The van der Waals surface area contributed by atoms with E-state index in [2.05, 4.69) is 25.7 Å². The molecule has 8 nitrogen and oxygen atoms in total. The monoisotopic (exact) mass is 473 g/mol. The lowest BCUT2D eigenvalue weighted by molar-refractivity contribution is 0.0951. The van der Waals surface area contributed by atoms with Crippen LogP contribution in [-0.4, -0.2) is 36.1 Å². The molecule has 2 aromatic carbocycles. The lowest BCUT2D eigenvalue weighted by Crippen LogP contribution is -2.25. The largest absolute Gasteiger partial charge is 0.363 e. The van der Waals surface area contributed by atoms with Crippen LogP contribution in [-0.2, 0) is 13.6 Å². The third-order valence-corrected chi connectivity index (χ3v) is 6.04. The first-order valence-corrected chi connectivity index (χ1v) is 11.2. The fourth-order valence-corrected chi connectivity index (χ4v) is 4.09. The van der Waals surface area contributed by atoms with Gasteiger partial charge in [0.25, 0.3) is 5.91 Å². The SMILES string of the molecule is Cn1cc(CNc2nc3cc(F)c(F)cc3n3c(-c4ccc(C(=O)NC5CC5)cc4)cnc23)cn1. The predicted octanol–water partition coefficient (Wildman–Crippen LogP) is 4.07. The van der Waals surface area contributed by atoms with E-state index in [4.69, 9.17) is 0 Å². The van der Waals surface area contributed by atoms with E-state index < -0.39 is 11.6 Å². The van der Waals surface area contributed by atoms with Gasteiger partial charge >= 0.3 is 0 Å². The molecule has 2 N–H and O–H groups in total. The maximum absolute atomic E-state index is 14.2. The van der Waals surface area contributed by atoms with E-state index in [9.17, 15) is 13.6 Å². The van der Waals surface area contributed by atoms with Gasteiger partial charge in [-0.15, -0.1) is 0 Å². The number of amides is 1. The Morgan fingerprint density at radius 1 is 1.11 bits per heavy atom. The number of aryl methyl sites for hydroxylation is 1. The summed E-state index contributed by atoms with van der Waals surface area (Å²) >= 11 is 0. The molecule has 1 aliphatic carbocycles. The number of hydrogen-bond acceptors (Lipinski definition) is 5. The van der Waals surface area contributed by atoms with Crippen molar-refractivity contribution in [1.82, 2.24) is 29.5 Å². The average Bonchev–Trinajstić information content (AvgIpc) is 3.38. The minimum Gasteiger partial charge on any atom is -0.363 e. The quantitative estimate of drug-likeness (QED) is 0.388. The molecule has 1 saturated carbocycles. The van der Waals surface area contributed by atoms with E-state index in [1.165, 1.54) is 0 Å². The predicted molar refractivity (Wildman–Crippen MR) is 127 cm³/mol. The maximum Gasteiger partial charge on any atom is 0.251 e. The highest BCUT2D eigenvalue weighted by Gasteiger charge is 2.24. The molecule has 6 rings (SSSR count). The molecule has 1 amide bonds. The summed E-state index contributed by atoms with van der Waals surface area (Å²) in [6, 6.07) is 9.61. The van der Waals surface area contributed by atoms with Gasteiger partial charge < -0.3 is 10.6 Å². The van der Waals surface area contributed by atoms with Crippen molar-refractivity contribution in [2.45, 2.75) is 25.4 Å². The van der Waals surface area contributed by atoms with E-state index in [0.717, 1.165) is 36.1 Å². The van der Waals surface area contributed by atoms with Gasteiger partial charge in [0, 0.05) is 54.7 Å². The number of hydrogen-bond donors (Lipinski definition) is 2. The summed E-state index contributed by atoms with van der Waals surface area (Å²) in [6.07, 6.45) is 7.30. The second kappa shape index (κ2) is 8.15. The van der Waals surface area contributed by atoms with Crippen LogP contribution < -0.4 is 10.6 Å². The molecule has 1 aliphatic rings. The van der Waals surface area contributed by atoms with Gasteiger partial charge in [-0.05, 0) is 25.0 Å². The molecule has 0 bridgehead atoms. The number of carbonyl (C=O) groups is 1. The third kappa shape index (κ3) is 3.96. The van der Waals surface area contributed by atoms with E-state index in [-0.39, 0.29) is 17.5 Å². The molecule has 5 aromatic rings. The zero-order chi connectivity index (χ0) is 24.1. The molecule has 0 unspecified atom stereocenters. The van der Waals surface area contributed by atoms with Gasteiger partial charge in [0.1, 0.15) is 0 Å². The Bertz CT molecular complexity index is 1590. The van der Waals surface area contributed by atoms with Crippen LogP contribution in [0.3, 0.4) is 0 Å². The summed E-state index contributed by atoms with van der Waals surface area (Å²) in [4.78, 5) is 21.4. The number of anilines is 1. The van der Waals surface area contributed by atoms with E-state index in [0.29, 0.717) is 34.8 Å². The minimum absolute atomic E-state index is 0.105. The fourth-order valence-electron chi connectivity index (χ4n) is 4.09. The number of carbonyl (C=O) groups excluding carboxylic acids is 1. The zero-order valence-electron chi connectivity index (χ0n) is 18.8. The molecule has 0 aliphatic heterocycles. The first-order valence-electron chi connectivity index (χ1n) is 11.2. The van der Waals surface area contributed by atoms with Crippen molar-refractivity contribution >= 4 is 28.4 Å². The summed E-state index contributed by atoms with van der Waals surface area (Å²) < 4.78 is 31.8. The van der Waals surface area contributed by atoms with Crippen molar-refractivity contribution in [2.24, 2.45) is 7.05 Å². The number of rotatable bonds is 6.